The molecule has 1 aliphatic heterocycles. The van der Waals surface area contributed by atoms with Crippen molar-refractivity contribution in [2.45, 2.75) is 52.0 Å². The predicted molar refractivity (Wildman–Crippen MR) is 140 cm³/mol. The van der Waals surface area contributed by atoms with Gasteiger partial charge >= 0.3 is 0 Å². The molecular weight excluding hydrogens is 492 g/mol. The molecule has 0 radical (unpaired) electrons. The van der Waals surface area contributed by atoms with Gasteiger partial charge in [-0.15, -0.1) is 0 Å². The zero-order valence-electron chi connectivity index (χ0n) is 20.2. The molecule has 0 unspecified atom stereocenters. The number of likely N-dealkylation sites (tertiary alicyclic amines) is 1. The minimum atomic E-state index is -0.622. The van der Waals surface area contributed by atoms with Crippen molar-refractivity contribution in [3.05, 3.63) is 75.8 Å². The van der Waals surface area contributed by atoms with Crippen LogP contribution in [0.25, 0.3) is 5.76 Å². The zero-order valence-corrected chi connectivity index (χ0v) is 21.8. The summed E-state index contributed by atoms with van der Waals surface area (Å²) < 4.78 is 0.875. The van der Waals surface area contributed by atoms with Crippen LogP contribution in [-0.2, 0) is 9.59 Å². The molecule has 0 bridgehead atoms. The van der Waals surface area contributed by atoms with Crippen LogP contribution in [0.2, 0.25) is 0 Å². The molecule has 2 aromatic carbocycles. The number of halogens is 1. The summed E-state index contributed by atoms with van der Waals surface area (Å²) in [4.78, 5) is 30.4. The first kappa shape index (κ1) is 26.2. The van der Waals surface area contributed by atoms with Gasteiger partial charge in [0.2, 0.25) is 0 Å². The lowest BCUT2D eigenvalue weighted by molar-refractivity contribution is -0.140. The van der Waals surface area contributed by atoms with Gasteiger partial charge in [-0.1, -0.05) is 85.1 Å². The SMILES string of the molecule is CCCCN(CCCC)CCCN1C(=O)C(=O)C(=C(O)c2ccc(Br)cc2)[C@@H]1c1ccccc1. The van der Waals surface area contributed by atoms with Gasteiger partial charge in [-0.05, 0) is 56.6 Å². The fraction of sp³-hybridized carbons (Fsp3) is 0.429. The minimum absolute atomic E-state index is 0.130. The van der Waals surface area contributed by atoms with Crippen LogP contribution in [0.3, 0.4) is 0 Å². The Morgan fingerprint density at radius 2 is 1.50 bits per heavy atom. The first-order chi connectivity index (χ1) is 16.5. The van der Waals surface area contributed by atoms with Crippen molar-refractivity contribution in [2.24, 2.45) is 0 Å². The molecule has 0 spiro atoms. The molecule has 1 saturated heterocycles. The van der Waals surface area contributed by atoms with Crippen LogP contribution in [0.4, 0.5) is 0 Å². The van der Waals surface area contributed by atoms with E-state index in [4.69, 9.17) is 0 Å². The maximum Gasteiger partial charge on any atom is 0.295 e. The van der Waals surface area contributed by atoms with E-state index >= 15 is 0 Å². The number of rotatable bonds is 12. The summed E-state index contributed by atoms with van der Waals surface area (Å²) in [6.45, 7) is 7.86. The van der Waals surface area contributed by atoms with E-state index in [1.807, 2.05) is 42.5 Å². The first-order valence-electron chi connectivity index (χ1n) is 12.3. The van der Waals surface area contributed by atoms with Crippen molar-refractivity contribution >= 4 is 33.4 Å². The van der Waals surface area contributed by atoms with Crippen molar-refractivity contribution in [1.82, 2.24) is 9.80 Å². The summed E-state index contributed by atoms with van der Waals surface area (Å²) in [6.07, 6.45) is 5.40. The smallest absolute Gasteiger partial charge is 0.295 e. The number of benzene rings is 2. The molecule has 1 N–H and O–H groups in total. The third kappa shape index (κ3) is 6.36. The highest BCUT2D eigenvalue weighted by Crippen LogP contribution is 2.39. The number of carbonyl (C=O) groups excluding carboxylic acids is 2. The van der Waals surface area contributed by atoms with Crippen LogP contribution < -0.4 is 0 Å². The number of aliphatic hydroxyl groups excluding tert-OH is 1. The number of aliphatic hydroxyl groups is 1. The summed E-state index contributed by atoms with van der Waals surface area (Å²) in [5.41, 5.74) is 1.51. The van der Waals surface area contributed by atoms with Gasteiger partial charge in [-0.25, -0.2) is 0 Å². The molecular formula is C28H35BrN2O3. The fourth-order valence-electron chi connectivity index (χ4n) is 4.42. The standard InChI is InChI=1S/C28H35BrN2O3/c1-3-5-17-30(18-6-4-2)19-10-20-31-25(21-11-8-7-9-12-21)24(27(33)28(31)34)26(32)22-13-15-23(29)16-14-22/h7-9,11-16,25,32H,3-6,10,17-20H2,1-2H3/t25-/m0/s1. The summed E-state index contributed by atoms with van der Waals surface area (Å²) in [6, 6.07) is 16.0. The van der Waals surface area contributed by atoms with E-state index in [-0.39, 0.29) is 11.3 Å². The number of hydrogen-bond acceptors (Lipinski definition) is 4. The second-order valence-electron chi connectivity index (χ2n) is 8.81. The van der Waals surface area contributed by atoms with Gasteiger partial charge in [0.25, 0.3) is 11.7 Å². The van der Waals surface area contributed by atoms with Gasteiger partial charge < -0.3 is 14.9 Å². The van der Waals surface area contributed by atoms with Gasteiger partial charge in [0.1, 0.15) is 5.76 Å². The second-order valence-corrected chi connectivity index (χ2v) is 9.73. The topological polar surface area (TPSA) is 60.9 Å². The molecule has 1 aliphatic rings. The summed E-state index contributed by atoms with van der Waals surface area (Å²) in [5, 5.41) is 11.1. The summed E-state index contributed by atoms with van der Waals surface area (Å²) in [5.74, 6) is -1.29. The van der Waals surface area contributed by atoms with E-state index in [2.05, 4.69) is 34.7 Å². The van der Waals surface area contributed by atoms with Crippen LogP contribution in [0.1, 0.15) is 63.1 Å². The van der Waals surface area contributed by atoms with Crippen molar-refractivity contribution in [1.29, 1.82) is 0 Å². The Morgan fingerprint density at radius 1 is 0.912 bits per heavy atom. The number of hydrogen-bond donors (Lipinski definition) is 1. The Labute approximate surface area is 211 Å². The van der Waals surface area contributed by atoms with Gasteiger partial charge in [0.05, 0.1) is 11.6 Å². The van der Waals surface area contributed by atoms with E-state index in [1.165, 1.54) is 0 Å². The lowest BCUT2D eigenvalue weighted by Gasteiger charge is -2.27. The number of ketones is 1. The molecule has 1 atom stereocenters. The zero-order chi connectivity index (χ0) is 24.5. The van der Waals surface area contributed by atoms with Crippen molar-refractivity contribution in [3.8, 4) is 0 Å². The molecule has 3 rings (SSSR count). The van der Waals surface area contributed by atoms with Gasteiger partial charge in [-0.2, -0.15) is 0 Å². The highest BCUT2D eigenvalue weighted by Gasteiger charge is 2.45. The van der Waals surface area contributed by atoms with Gasteiger partial charge in [-0.3, -0.25) is 9.59 Å². The van der Waals surface area contributed by atoms with Crippen LogP contribution in [-0.4, -0.2) is 52.8 Å². The monoisotopic (exact) mass is 526 g/mol. The molecule has 2 aromatic rings. The van der Waals surface area contributed by atoms with Crippen molar-refractivity contribution < 1.29 is 14.7 Å². The molecule has 0 saturated carbocycles. The van der Waals surface area contributed by atoms with Crippen molar-refractivity contribution in [3.63, 3.8) is 0 Å². The molecule has 5 nitrogen and oxygen atoms in total. The Bertz CT molecular complexity index is 980. The van der Waals surface area contributed by atoms with Crippen LogP contribution >= 0.6 is 15.9 Å². The number of nitrogens with zero attached hydrogens (tertiary/aromatic N) is 2. The van der Waals surface area contributed by atoms with E-state index in [0.29, 0.717) is 12.1 Å². The molecule has 1 fully saturated rings. The lowest BCUT2D eigenvalue weighted by Crippen LogP contribution is -2.34. The van der Waals surface area contributed by atoms with E-state index in [9.17, 15) is 14.7 Å². The van der Waals surface area contributed by atoms with E-state index in [0.717, 1.165) is 61.8 Å². The minimum Gasteiger partial charge on any atom is -0.507 e. The second kappa shape index (κ2) is 12.9. The molecule has 0 aromatic heterocycles. The fourth-order valence-corrected chi connectivity index (χ4v) is 4.68. The molecule has 6 heteroatoms. The maximum absolute atomic E-state index is 13.1. The lowest BCUT2D eigenvalue weighted by atomic mass is 9.95. The maximum atomic E-state index is 13.1. The molecule has 1 amide bonds. The Morgan fingerprint density at radius 3 is 2.09 bits per heavy atom. The Kier molecular flexibility index (Phi) is 9.90. The van der Waals surface area contributed by atoms with E-state index in [1.54, 1.807) is 17.0 Å². The largest absolute Gasteiger partial charge is 0.507 e. The van der Waals surface area contributed by atoms with Crippen LogP contribution in [0, 0.1) is 0 Å². The number of carbonyl (C=O) groups is 2. The van der Waals surface area contributed by atoms with Crippen LogP contribution in [0.15, 0.2) is 64.6 Å². The third-order valence-corrected chi connectivity index (χ3v) is 6.83. The molecule has 182 valence electrons. The average molecular weight is 528 g/mol. The molecule has 1 heterocycles. The Hall–Kier alpha value is -2.44. The molecule has 0 aliphatic carbocycles. The number of Topliss-reactive ketones (excluding diaryl/α,β-unsaturated/α-hetero) is 1. The number of unbranched alkanes of at least 4 members (excludes halogenated alkanes) is 2. The third-order valence-electron chi connectivity index (χ3n) is 6.30. The highest BCUT2D eigenvalue weighted by atomic mass is 79.9. The van der Waals surface area contributed by atoms with Crippen molar-refractivity contribution in [2.75, 3.05) is 26.2 Å². The average Bonchev–Trinajstić information content (AvgIpc) is 3.11. The van der Waals surface area contributed by atoms with Crippen LogP contribution in [0.5, 0.6) is 0 Å². The normalized spacial score (nSPS) is 17.6. The summed E-state index contributed by atoms with van der Waals surface area (Å²) in [7, 11) is 0. The van der Waals surface area contributed by atoms with E-state index < -0.39 is 17.7 Å². The Balaban J connectivity index is 1.87. The molecule has 34 heavy (non-hydrogen) atoms. The first-order valence-corrected chi connectivity index (χ1v) is 13.1. The highest BCUT2D eigenvalue weighted by molar-refractivity contribution is 9.10. The number of amides is 1. The van der Waals surface area contributed by atoms with Gasteiger partial charge in [0.15, 0.2) is 0 Å². The van der Waals surface area contributed by atoms with Gasteiger partial charge in [0, 0.05) is 16.6 Å². The quantitative estimate of drug-likeness (QED) is 0.204. The predicted octanol–water partition coefficient (Wildman–Crippen LogP) is 6.16. The summed E-state index contributed by atoms with van der Waals surface area (Å²) >= 11 is 3.40.